The number of rotatable bonds is 5. The maximum Gasteiger partial charge on any atom is 0.415 e. The van der Waals surface area contributed by atoms with Crippen LogP contribution in [0.2, 0.25) is 0 Å². The van der Waals surface area contributed by atoms with Crippen molar-refractivity contribution in [2.24, 2.45) is 5.92 Å². The van der Waals surface area contributed by atoms with Crippen molar-refractivity contribution in [2.45, 2.75) is 33.1 Å². The maximum atomic E-state index is 12.0. The molecule has 0 bridgehead atoms. The topological polar surface area (TPSA) is 23.5 Å². The van der Waals surface area contributed by atoms with Gasteiger partial charge >= 0.3 is 6.18 Å². The molecule has 1 atom stereocenters. The molecule has 2 nitrogen and oxygen atoms in total. The zero-order valence-electron chi connectivity index (χ0n) is 8.80. The Morgan fingerprint density at radius 2 is 1.71 bits per heavy atom. The first-order chi connectivity index (χ1) is 6.27. The molecule has 14 heavy (non-hydrogen) atoms. The van der Waals surface area contributed by atoms with Gasteiger partial charge in [0.25, 0.3) is 0 Å². The Morgan fingerprint density at radius 3 is 2.00 bits per heavy atom. The summed E-state index contributed by atoms with van der Waals surface area (Å²) in [6, 6.07) is 0. The number of aliphatic hydroxyl groups excluding tert-OH is 1. The summed E-state index contributed by atoms with van der Waals surface area (Å²) in [7, 11) is 0. The molecule has 1 N–H and O–H groups in total. The van der Waals surface area contributed by atoms with Crippen LogP contribution < -0.4 is 0 Å². The van der Waals surface area contributed by atoms with Gasteiger partial charge in [0.15, 0.2) is 6.10 Å². The number of nitrogens with zero attached hydrogens (tertiary/aromatic N) is 1. The van der Waals surface area contributed by atoms with E-state index in [0.29, 0.717) is 19.0 Å². The molecule has 0 aromatic rings. The predicted octanol–water partition coefficient (Wildman–Crippen LogP) is 1.89. The van der Waals surface area contributed by atoms with Crippen molar-refractivity contribution in [2.75, 3.05) is 19.6 Å². The van der Waals surface area contributed by atoms with Gasteiger partial charge in [-0.2, -0.15) is 13.2 Å². The predicted molar refractivity (Wildman–Crippen MR) is 49.0 cm³/mol. The normalized spacial score (nSPS) is 15.2. The molecule has 0 saturated heterocycles. The van der Waals surface area contributed by atoms with Crippen molar-refractivity contribution < 1.29 is 18.3 Å². The third-order valence-electron chi connectivity index (χ3n) is 1.88. The van der Waals surface area contributed by atoms with E-state index >= 15 is 0 Å². The Morgan fingerprint density at radius 1 is 1.21 bits per heavy atom. The summed E-state index contributed by atoms with van der Waals surface area (Å²) in [6.45, 7) is 6.41. The first-order valence-electron chi connectivity index (χ1n) is 4.74. The Kier molecular flexibility index (Phi) is 5.44. The quantitative estimate of drug-likeness (QED) is 0.753. The summed E-state index contributed by atoms with van der Waals surface area (Å²) in [5, 5.41) is 8.83. The van der Waals surface area contributed by atoms with E-state index < -0.39 is 12.3 Å². The van der Waals surface area contributed by atoms with Gasteiger partial charge in [0.2, 0.25) is 0 Å². The molecule has 0 aromatic carbocycles. The molecule has 0 amide bonds. The monoisotopic (exact) mass is 213 g/mol. The van der Waals surface area contributed by atoms with Gasteiger partial charge in [-0.05, 0) is 12.5 Å². The smallest absolute Gasteiger partial charge is 0.382 e. The molecule has 86 valence electrons. The molecule has 0 aliphatic heterocycles. The molecule has 0 aliphatic carbocycles. The van der Waals surface area contributed by atoms with E-state index in [1.165, 1.54) is 0 Å². The van der Waals surface area contributed by atoms with E-state index in [-0.39, 0.29) is 6.54 Å². The lowest BCUT2D eigenvalue weighted by Gasteiger charge is -2.26. The molecular formula is C9H18F3NO. The SMILES string of the molecule is CCN(CC(C)C)CC(O)C(F)(F)F. The molecule has 0 fully saturated rings. The molecule has 0 aliphatic rings. The van der Waals surface area contributed by atoms with Crippen LogP contribution in [0.15, 0.2) is 0 Å². The van der Waals surface area contributed by atoms with Gasteiger partial charge < -0.3 is 10.0 Å². The zero-order valence-corrected chi connectivity index (χ0v) is 8.80. The van der Waals surface area contributed by atoms with E-state index in [1.807, 2.05) is 13.8 Å². The van der Waals surface area contributed by atoms with Crippen molar-refractivity contribution in [3.8, 4) is 0 Å². The molecule has 5 heteroatoms. The van der Waals surface area contributed by atoms with Gasteiger partial charge in [-0.25, -0.2) is 0 Å². The van der Waals surface area contributed by atoms with Crippen LogP contribution in [0.3, 0.4) is 0 Å². The van der Waals surface area contributed by atoms with Crippen LogP contribution >= 0.6 is 0 Å². The second-order valence-electron chi connectivity index (χ2n) is 3.80. The lowest BCUT2D eigenvalue weighted by Crippen LogP contribution is -2.42. The molecular weight excluding hydrogens is 195 g/mol. The van der Waals surface area contributed by atoms with Crippen LogP contribution in [-0.4, -0.2) is 41.9 Å². The molecule has 0 rings (SSSR count). The van der Waals surface area contributed by atoms with Gasteiger partial charge in [0.05, 0.1) is 0 Å². The largest absolute Gasteiger partial charge is 0.415 e. The minimum absolute atomic E-state index is 0.301. The zero-order chi connectivity index (χ0) is 11.4. The molecule has 0 spiro atoms. The number of likely N-dealkylation sites (N-methyl/N-ethyl adjacent to an activating group) is 1. The highest BCUT2D eigenvalue weighted by molar-refractivity contribution is 4.71. The van der Waals surface area contributed by atoms with Gasteiger partial charge in [-0.15, -0.1) is 0 Å². The lowest BCUT2D eigenvalue weighted by molar-refractivity contribution is -0.208. The summed E-state index contributed by atoms with van der Waals surface area (Å²) in [4.78, 5) is 1.60. The third kappa shape index (κ3) is 5.44. The number of hydrogen-bond acceptors (Lipinski definition) is 2. The van der Waals surface area contributed by atoms with Gasteiger partial charge in [0.1, 0.15) is 0 Å². The fraction of sp³-hybridized carbons (Fsp3) is 1.00. The van der Waals surface area contributed by atoms with Crippen molar-refractivity contribution in [1.29, 1.82) is 0 Å². The van der Waals surface area contributed by atoms with Crippen molar-refractivity contribution in [1.82, 2.24) is 4.90 Å². The fourth-order valence-electron chi connectivity index (χ4n) is 1.20. The Labute approximate surface area is 82.7 Å². The molecule has 0 aromatic heterocycles. The van der Waals surface area contributed by atoms with Crippen LogP contribution in [0.25, 0.3) is 0 Å². The summed E-state index contributed by atoms with van der Waals surface area (Å²) in [5.41, 5.74) is 0. The number of halogens is 3. The molecule has 1 unspecified atom stereocenters. The fourth-order valence-corrected chi connectivity index (χ4v) is 1.20. The summed E-state index contributed by atoms with van der Waals surface area (Å²) < 4.78 is 36.0. The van der Waals surface area contributed by atoms with Crippen molar-refractivity contribution >= 4 is 0 Å². The van der Waals surface area contributed by atoms with Crippen LogP contribution in [0.4, 0.5) is 13.2 Å². The molecule has 0 radical (unpaired) electrons. The van der Waals surface area contributed by atoms with Crippen LogP contribution in [0.1, 0.15) is 20.8 Å². The summed E-state index contributed by atoms with van der Waals surface area (Å²) >= 11 is 0. The van der Waals surface area contributed by atoms with Gasteiger partial charge in [0, 0.05) is 13.1 Å². The number of aliphatic hydroxyl groups is 1. The van der Waals surface area contributed by atoms with Crippen LogP contribution in [0.5, 0.6) is 0 Å². The summed E-state index contributed by atoms with van der Waals surface area (Å²) in [5.74, 6) is 0.301. The maximum absolute atomic E-state index is 12.0. The number of hydrogen-bond donors (Lipinski definition) is 1. The number of alkyl halides is 3. The second-order valence-corrected chi connectivity index (χ2v) is 3.80. The highest BCUT2D eigenvalue weighted by Crippen LogP contribution is 2.20. The third-order valence-corrected chi connectivity index (χ3v) is 1.88. The first-order valence-corrected chi connectivity index (χ1v) is 4.74. The van der Waals surface area contributed by atoms with E-state index in [1.54, 1.807) is 11.8 Å². The standard InChI is InChI=1S/C9H18F3NO/c1-4-13(5-7(2)3)6-8(14)9(10,11)12/h7-8,14H,4-6H2,1-3H3. The Hall–Kier alpha value is -0.290. The van der Waals surface area contributed by atoms with Crippen LogP contribution in [-0.2, 0) is 0 Å². The average molecular weight is 213 g/mol. The lowest BCUT2D eigenvalue weighted by atomic mass is 10.2. The minimum atomic E-state index is -4.51. The van der Waals surface area contributed by atoms with E-state index in [2.05, 4.69) is 0 Å². The molecule has 0 saturated carbocycles. The van der Waals surface area contributed by atoms with E-state index in [4.69, 9.17) is 5.11 Å². The Balaban J connectivity index is 4.05. The van der Waals surface area contributed by atoms with E-state index in [9.17, 15) is 13.2 Å². The van der Waals surface area contributed by atoms with E-state index in [0.717, 1.165) is 0 Å². The van der Waals surface area contributed by atoms with Crippen molar-refractivity contribution in [3.05, 3.63) is 0 Å². The van der Waals surface area contributed by atoms with Gasteiger partial charge in [-0.3, -0.25) is 0 Å². The summed E-state index contributed by atoms with van der Waals surface area (Å²) in [6.07, 6.45) is -6.74. The first kappa shape index (κ1) is 13.7. The van der Waals surface area contributed by atoms with Crippen molar-refractivity contribution in [3.63, 3.8) is 0 Å². The second kappa shape index (κ2) is 5.56. The minimum Gasteiger partial charge on any atom is -0.382 e. The highest BCUT2D eigenvalue weighted by atomic mass is 19.4. The van der Waals surface area contributed by atoms with Gasteiger partial charge in [-0.1, -0.05) is 20.8 Å². The Bertz CT molecular complexity index is 159. The average Bonchev–Trinajstić information content (AvgIpc) is 2.00. The highest BCUT2D eigenvalue weighted by Gasteiger charge is 2.38. The van der Waals surface area contributed by atoms with Crippen LogP contribution in [0, 0.1) is 5.92 Å². The molecule has 0 heterocycles.